The van der Waals surface area contributed by atoms with E-state index >= 15 is 0 Å². The van der Waals surface area contributed by atoms with E-state index in [9.17, 15) is 4.79 Å². The fourth-order valence-electron chi connectivity index (χ4n) is 0.386. The standard InChI is InChI=1S/C7H14O2Si/c1-5-7(8)9-10(3,4)6-2/h5H,1,6H2,2-4H3. The molecule has 2 nitrogen and oxygen atoms in total. The third-order valence-electron chi connectivity index (χ3n) is 1.39. The Morgan fingerprint density at radius 3 is 2.50 bits per heavy atom. The predicted octanol–water partition coefficient (Wildman–Crippen LogP) is 1.94. The fourth-order valence-corrected chi connectivity index (χ4v) is 1.16. The second-order valence-electron chi connectivity index (χ2n) is 2.74. The van der Waals surface area contributed by atoms with Crippen LogP contribution in [0.15, 0.2) is 12.7 Å². The van der Waals surface area contributed by atoms with Gasteiger partial charge in [0.25, 0.3) is 0 Å². The molecule has 0 aromatic heterocycles. The van der Waals surface area contributed by atoms with Gasteiger partial charge in [-0.3, -0.25) is 0 Å². The molecule has 58 valence electrons. The minimum Gasteiger partial charge on any atom is -0.517 e. The maximum Gasteiger partial charge on any atom is 0.316 e. The Kier molecular flexibility index (Phi) is 3.36. The summed E-state index contributed by atoms with van der Waals surface area (Å²) in [7, 11) is -1.68. The molecule has 0 atom stereocenters. The largest absolute Gasteiger partial charge is 0.517 e. The van der Waals surface area contributed by atoms with Gasteiger partial charge in [-0.2, -0.15) is 0 Å². The van der Waals surface area contributed by atoms with Crippen LogP contribution in [0.25, 0.3) is 0 Å². The molecule has 0 N–H and O–H groups in total. The van der Waals surface area contributed by atoms with Crippen LogP contribution >= 0.6 is 0 Å². The summed E-state index contributed by atoms with van der Waals surface area (Å²) < 4.78 is 5.12. The Morgan fingerprint density at radius 2 is 2.20 bits per heavy atom. The molecule has 0 aromatic carbocycles. The van der Waals surface area contributed by atoms with Gasteiger partial charge in [0.2, 0.25) is 8.32 Å². The van der Waals surface area contributed by atoms with Crippen molar-refractivity contribution in [1.82, 2.24) is 0 Å². The first-order valence-electron chi connectivity index (χ1n) is 3.37. The topological polar surface area (TPSA) is 26.3 Å². The monoisotopic (exact) mass is 158 g/mol. The van der Waals surface area contributed by atoms with Crippen LogP contribution in [0.3, 0.4) is 0 Å². The molecular weight excluding hydrogens is 144 g/mol. The number of hydrogen-bond acceptors (Lipinski definition) is 2. The van der Waals surface area contributed by atoms with E-state index in [1.165, 1.54) is 6.08 Å². The molecule has 0 heterocycles. The van der Waals surface area contributed by atoms with Crippen LogP contribution in [0.4, 0.5) is 0 Å². The molecule has 0 rings (SSSR count). The van der Waals surface area contributed by atoms with Gasteiger partial charge in [0.05, 0.1) is 0 Å². The summed E-state index contributed by atoms with van der Waals surface area (Å²) in [5.41, 5.74) is 0. The van der Waals surface area contributed by atoms with E-state index in [1.54, 1.807) is 0 Å². The van der Waals surface area contributed by atoms with E-state index in [0.29, 0.717) is 0 Å². The molecular formula is C7H14O2Si. The van der Waals surface area contributed by atoms with Crippen LogP contribution in [-0.4, -0.2) is 14.3 Å². The molecule has 0 aromatic rings. The first-order chi connectivity index (χ1) is 4.52. The summed E-state index contributed by atoms with van der Waals surface area (Å²) >= 11 is 0. The van der Waals surface area contributed by atoms with E-state index in [2.05, 4.69) is 6.58 Å². The quantitative estimate of drug-likeness (QED) is 0.463. The normalized spacial score (nSPS) is 10.7. The molecule has 0 unspecified atom stereocenters. The highest BCUT2D eigenvalue weighted by Crippen LogP contribution is 2.09. The highest BCUT2D eigenvalue weighted by atomic mass is 28.4. The summed E-state index contributed by atoms with van der Waals surface area (Å²) in [5, 5.41) is 0. The maximum atomic E-state index is 10.7. The van der Waals surface area contributed by atoms with E-state index in [0.717, 1.165) is 6.04 Å². The fraction of sp³-hybridized carbons (Fsp3) is 0.571. The Bertz CT molecular complexity index is 141. The number of hydrogen-bond donors (Lipinski definition) is 0. The average Bonchev–Trinajstić information content (AvgIpc) is 1.87. The number of carbonyl (C=O) groups is 1. The van der Waals surface area contributed by atoms with Crippen molar-refractivity contribution in [2.75, 3.05) is 0 Å². The molecule has 10 heavy (non-hydrogen) atoms. The van der Waals surface area contributed by atoms with Gasteiger partial charge in [-0.05, 0) is 19.1 Å². The summed E-state index contributed by atoms with van der Waals surface area (Å²) in [4.78, 5) is 10.7. The van der Waals surface area contributed by atoms with Crippen LogP contribution in [0.5, 0.6) is 0 Å². The summed E-state index contributed by atoms with van der Waals surface area (Å²) in [6.07, 6.45) is 1.21. The van der Waals surface area contributed by atoms with Crippen molar-refractivity contribution in [1.29, 1.82) is 0 Å². The Labute approximate surface area is 63.0 Å². The van der Waals surface area contributed by atoms with Gasteiger partial charge in [-0.25, -0.2) is 4.79 Å². The van der Waals surface area contributed by atoms with Crippen LogP contribution in [0, 0.1) is 0 Å². The van der Waals surface area contributed by atoms with Crippen molar-refractivity contribution < 1.29 is 9.22 Å². The third-order valence-corrected chi connectivity index (χ3v) is 3.85. The molecule has 3 heteroatoms. The van der Waals surface area contributed by atoms with Gasteiger partial charge in [0.1, 0.15) is 0 Å². The van der Waals surface area contributed by atoms with Crippen LogP contribution < -0.4 is 0 Å². The van der Waals surface area contributed by atoms with Gasteiger partial charge >= 0.3 is 5.97 Å². The SMILES string of the molecule is C=CC(=O)O[Si](C)(C)CC. The minimum absolute atomic E-state index is 0.293. The van der Waals surface area contributed by atoms with Crippen molar-refractivity contribution in [3.05, 3.63) is 12.7 Å². The molecule has 0 amide bonds. The first-order valence-corrected chi connectivity index (χ1v) is 6.49. The molecule has 0 bridgehead atoms. The molecule has 0 radical (unpaired) electrons. The zero-order valence-electron chi connectivity index (χ0n) is 6.81. The van der Waals surface area contributed by atoms with Gasteiger partial charge in [-0.1, -0.05) is 13.5 Å². The predicted molar refractivity (Wildman–Crippen MR) is 44.3 cm³/mol. The molecule has 0 saturated carbocycles. The molecule has 0 saturated heterocycles. The zero-order valence-corrected chi connectivity index (χ0v) is 7.81. The van der Waals surface area contributed by atoms with Gasteiger partial charge in [-0.15, -0.1) is 0 Å². The highest BCUT2D eigenvalue weighted by Gasteiger charge is 2.22. The lowest BCUT2D eigenvalue weighted by molar-refractivity contribution is -0.129. The van der Waals surface area contributed by atoms with Crippen LogP contribution in [0.1, 0.15) is 6.92 Å². The zero-order chi connectivity index (χ0) is 8.20. The molecule has 0 aliphatic carbocycles. The van der Waals surface area contributed by atoms with Crippen molar-refractivity contribution >= 4 is 14.3 Å². The maximum absolute atomic E-state index is 10.7. The molecule has 0 fully saturated rings. The first kappa shape index (κ1) is 9.43. The summed E-state index contributed by atoms with van der Waals surface area (Å²) in [6, 6.07) is 0.951. The molecule has 0 aliphatic heterocycles. The minimum atomic E-state index is -1.68. The molecule has 0 spiro atoms. The average molecular weight is 158 g/mol. The number of rotatable bonds is 3. The highest BCUT2D eigenvalue weighted by molar-refractivity contribution is 6.72. The third kappa shape index (κ3) is 3.45. The number of carbonyl (C=O) groups excluding carboxylic acids is 1. The van der Waals surface area contributed by atoms with Crippen LogP contribution in [-0.2, 0) is 9.22 Å². The van der Waals surface area contributed by atoms with E-state index in [-0.39, 0.29) is 5.97 Å². The summed E-state index contributed by atoms with van der Waals surface area (Å²) in [6.45, 7) is 9.37. The van der Waals surface area contributed by atoms with Gasteiger partial charge in [0.15, 0.2) is 0 Å². The smallest absolute Gasteiger partial charge is 0.316 e. The lowest BCUT2D eigenvalue weighted by atomic mass is 10.7. The van der Waals surface area contributed by atoms with Crippen LogP contribution in [0.2, 0.25) is 19.1 Å². The van der Waals surface area contributed by atoms with Gasteiger partial charge < -0.3 is 4.43 Å². The van der Waals surface area contributed by atoms with E-state index in [4.69, 9.17) is 4.43 Å². The Hall–Kier alpha value is -0.573. The van der Waals surface area contributed by atoms with E-state index < -0.39 is 8.32 Å². The lowest BCUT2D eigenvalue weighted by Crippen LogP contribution is -2.31. The Balaban J connectivity index is 3.87. The second-order valence-corrected chi connectivity index (χ2v) is 7.17. The Morgan fingerprint density at radius 1 is 1.70 bits per heavy atom. The lowest BCUT2D eigenvalue weighted by Gasteiger charge is -2.19. The van der Waals surface area contributed by atoms with Crippen molar-refractivity contribution in [3.63, 3.8) is 0 Å². The van der Waals surface area contributed by atoms with Gasteiger partial charge in [0, 0.05) is 6.08 Å². The van der Waals surface area contributed by atoms with E-state index in [1.807, 2.05) is 20.0 Å². The van der Waals surface area contributed by atoms with Crippen molar-refractivity contribution in [2.45, 2.75) is 26.1 Å². The van der Waals surface area contributed by atoms with Crippen molar-refractivity contribution in [3.8, 4) is 0 Å². The van der Waals surface area contributed by atoms with Crippen molar-refractivity contribution in [2.24, 2.45) is 0 Å². The summed E-state index contributed by atoms with van der Waals surface area (Å²) in [5.74, 6) is -0.293. The second kappa shape index (κ2) is 3.56. The molecule has 0 aliphatic rings.